The van der Waals surface area contributed by atoms with Crippen LogP contribution in [0.2, 0.25) is 5.02 Å². The van der Waals surface area contributed by atoms with Crippen molar-refractivity contribution >= 4 is 35.3 Å². The summed E-state index contributed by atoms with van der Waals surface area (Å²) in [6.45, 7) is 0.254. The number of nitrogens with zero attached hydrogens (tertiary/aromatic N) is 1. The Morgan fingerprint density at radius 3 is 2.56 bits per heavy atom. The zero-order valence-electron chi connectivity index (χ0n) is 18.8. The van der Waals surface area contributed by atoms with E-state index in [0.717, 1.165) is 10.5 Å². The molecule has 2 aliphatic rings. The van der Waals surface area contributed by atoms with Crippen molar-refractivity contribution in [1.29, 1.82) is 0 Å². The molecule has 0 bridgehead atoms. The number of anilines is 1. The van der Waals surface area contributed by atoms with Crippen LogP contribution < -0.4 is 14.8 Å². The number of carbonyl (C=O) groups is 3. The average Bonchev–Trinajstić information content (AvgIpc) is 2.85. The van der Waals surface area contributed by atoms with Gasteiger partial charge in [-0.3, -0.25) is 9.69 Å². The molecule has 0 saturated carbocycles. The molecule has 0 fully saturated rings. The standard InChI is InChI=1S/C26H21ClN2O7/c27-18-3-1-2-14(8-18)13-35-19-6-4-15(5-7-19)23-24(30)28-20-9-16-10-21(25(31)32)29(26(33)34)12-17(16)11-22(20)36-23/h1-9,11,21,23H,10,12-13H2,(H,28,30)(H,31,32)(H,33,34)/t21-,23?/m0/s1. The Balaban J connectivity index is 1.32. The average molecular weight is 509 g/mol. The summed E-state index contributed by atoms with van der Waals surface area (Å²) in [6, 6.07) is 16.5. The Morgan fingerprint density at radius 2 is 1.86 bits per heavy atom. The maximum Gasteiger partial charge on any atom is 0.408 e. The lowest BCUT2D eigenvalue weighted by molar-refractivity contribution is -0.143. The number of carbonyl (C=O) groups excluding carboxylic acids is 1. The van der Waals surface area contributed by atoms with Gasteiger partial charge >= 0.3 is 12.1 Å². The predicted molar refractivity (Wildman–Crippen MR) is 129 cm³/mol. The molecular formula is C26H21ClN2O7. The van der Waals surface area contributed by atoms with Gasteiger partial charge in [-0.05, 0) is 53.1 Å². The Hall–Kier alpha value is -4.24. The molecule has 0 radical (unpaired) electrons. The number of carboxylic acids is 1. The number of benzene rings is 3. The van der Waals surface area contributed by atoms with Crippen molar-refractivity contribution in [2.24, 2.45) is 0 Å². The molecule has 3 aromatic carbocycles. The topological polar surface area (TPSA) is 125 Å². The molecular weight excluding hydrogens is 488 g/mol. The Kier molecular flexibility index (Phi) is 6.15. The summed E-state index contributed by atoms with van der Waals surface area (Å²) in [7, 11) is 0. The number of carboxylic acid groups (broad SMARTS) is 2. The van der Waals surface area contributed by atoms with E-state index in [9.17, 15) is 24.6 Å². The van der Waals surface area contributed by atoms with Crippen LogP contribution in [0.1, 0.15) is 28.4 Å². The highest BCUT2D eigenvalue weighted by atomic mass is 35.5. The third-order valence-corrected chi connectivity index (χ3v) is 6.42. The number of hydrogen-bond acceptors (Lipinski definition) is 5. The number of halogens is 1. The molecule has 0 aliphatic carbocycles. The van der Waals surface area contributed by atoms with Crippen LogP contribution in [0.15, 0.2) is 60.7 Å². The van der Waals surface area contributed by atoms with Crippen LogP contribution >= 0.6 is 11.6 Å². The van der Waals surface area contributed by atoms with E-state index < -0.39 is 24.2 Å². The summed E-state index contributed by atoms with van der Waals surface area (Å²) >= 11 is 6.00. The fourth-order valence-corrected chi connectivity index (χ4v) is 4.58. The van der Waals surface area contributed by atoms with Gasteiger partial charge in [0.2, 0.25) is 6.10 Å². The second kappa shape index (κ2) is 9.43. The molecule has 0 aromatic heterocycles. The molecule has 2 heterocycles. The van der Waals surface area contributed by atoms with Gasteiger partial charge in [-0.1, -0.05) is 35.9 Å². The second-order valence-electron chi connectivity index (χ2n) is 8.56. The first-order valence-corrected chi connectivity index (χ1v) is 11.5. The van der Waals surface area contributed by atoms with Crippen LogP contribution in [-0.4, -0.2) is 39.1 Å². The molecule has 10 heteroatoms. The first-order chi connectivity index (χ1) is 17.3. The molecule has 2 amide bonds. The van der Waals surface area contributed by atoms with Crippen LogP contribution in [0.3, 0.4) is 0 Å². The van der Waals surface area contributed by atoms with E-state index in [2.05, 4.69) is 5.32 Å². The summed E-state index contributed by atoms with van der Waals surface area (Å²) in [5.74, 6) is -0.584. The van der Waals surface area contributed by atoms with Gasteiger partial charge < -0.3 is 25.0 Å². The van der Waals surface area contributed by atoms with Gasteiger partial charge in [0.25, 0.3) is 5.91 Å². The fraction of sp³-hybridized carbons (Fsp3) is 0.192. The normalized spacial score (nSPS) is 18.4. The maximum absolute atomic E-state index is 12.8. The number of rotatable bonds is 5. The van der Waals surface area contributed by atoms with E-state index in [1.165, 1.54) is 0 Å². The third-order valence-electron chi connectivity index (χ3n) is 6.18. The second-order valence-corrected chi connectivity index (χ2v) is 9.00. The zero-order valence-corrected chi connectivity index (χ0v) is 19.6. The molecule has 3 N–H and O–H groups in total. The lowest BCUT2D eigenvalue weighted by atomic mass is 9.92. The van der Waals surface area contributed by atoms with Crippen molar-refractivity contribution in [3.8, 4) is 11.5 Å². The SMILES string of the molecule is O=C1Nc2cc3c(cc2OC1c1ccc(OCc2cccc(Cl)c2)cc1)CN(C(=O)O)[C@H](C(=O)O)C3. The van der Waals surface area contributed by atoms with E-state index in [4.69, 9.17) is 21.1 Å². The highest BCUT2D eigenvalue weighted by Crippen LogP contribution is 2.39. The number of aliphatic carboxylic acids is 1. The number of hydrogen-bond donors (Lipinski definition) is 3. The molecule has 2 atom stereocenters. The van der Waals surface area contributed by atoms with E-state index >= 15 is 0 Å². The van der Waals surface area contributed by atoms with Crippen LogP contribution in [0.25, 0.3) is 0 Å². The Bertz CT molecular complexity index is 1360. The first-order valence-electron chi connectivity index (χ1n) is 11.1. The van der Waals surface area contributed by atoms with Gasteiger partial charge in [0.05, 0.1) is 12.2 Å². The summed E-state index contributed by atoms with van der Waals surface area (Å²) in [4.78, 5) is 36.8. The van der Waals surface area contributed by atoms with Crippen molar-refractivity contribution in [2.45, 2.75) is 31.7 Å². The first kappa shape index (κ1) is 23.5. The van der Waals surface area contributed by atoms with E-state index in [1.54, 1.807) is 42.5 Å². The molecule has 0 saturated heterocycles. The van der Waals surface area contributed by atoms with Crippen molar-refractivity contribution in [2.75, 3.05) is 5.32 Å². The molecule has 36 heavy (non-hydrogen) atoms. The fourth-order valence-electron chi connectivity index (χ4n) is 4.36. The molecule has 9 nitrogen and oxygen atoms in total. The van der Waals surface area contributed by atoms with Crippen molar-refractivity contribution in [3.63, 3.8) is 0 Å². The number of fused-ring (bicyclic) bond motifs is 2. The lowest BCUT2D eigenvalue weighted by Gasteiger charge is -2.34. The smallest absolute Gasteiger partial charge is 0.408 e. The van der Waals surface area contributed by atoms with Crippen molar-refractivity contribution < 1.29 is 34.1 Å². The molecule has 184 valence electrons. The minimum atomic E-state index is -1.31. The van der Waals surface area contributed by atoms with Crippen LogP contribution in [0, 0.1) is 0 Å². The quantitative estimate of drug-likeness (QED) is 0.464. The van der Waals surface area contributed by atoms with Gasteiger partial charge in [-0.2, -0.15) is 0 Å². The highest BCUT2D eigenvalue weighted by molar-refractivity contribution is 6.30. The monoisotopic (exact) mass is 508 g/mol. The predicted octanol–water partition coefficient (Wildman–Crippen LogP) is 4.48. The summed E-state index contributed by atoms with van der Waals surface area (Å²) < 4.78 is 11.8. The van der Waals surface area contributed by atoms with E-state index in [0.29, 0.717) is 45.5 Å². The minimum Gasteiger partial charge on any atom is -0.489 e. The molecule has 3 aromatic rings. The Morgan fingerprint density at radius 1 is 1.08 bits per heavy atom. The number of amides is 2. The Labute approximate surface area is 210 Å². The summed E-state index contributed by atoms with van der Waals surface area (Å²) in [5.41, 5.74) is 3.25. The summed E-state index contributed by atoms with van der Waals surface area (Å²) in [5, 5.41) is 22.3. The van der Waals surface area contributed by atoms with Crippen LogP contribution in [0.5, 0.6) is 11.5 Å². The molecule has 5 rings (SSSR count). The summed E-state index contributed by atoms with van der Waals surface area (Å²) in [6.07, 6.45) is -2.22. The molecule has 0 spiro atoms. The van der Waals surface area contributed by atoms with E-state index in [1.807, 2.05) is 18.2 Å². The van der Waals surface area contributed by atoms with Gasteiger partial charge in [-0.25, -0.2) is 9.59 Å². The van der Waals surface area contributed by atoms with Crippen LogP contribution in [0.4, 0.5) is 10.5 Å². The van der Waals surface area contributed by atoms with Gasteiger partial charge in [0.15, 0.2) is 0 Å². The largest absolute Gasteiger partial charge is 0.489 e. The maximum atomic E-state index is 12.8. The molecule has 2 aliphatic heterocycles. The minimum absolute atomic E-state index is 0.000193. The van der Waals surface area contributed by atoms with E-state index in [-0.39, 0.29) is 18.9 Å². The van der Waals surface area contributed by atoms with Gasteiger partial charge in [0, 0.05) is 17.0 Å². The van der Waals surface area contributed by atoms with Gasteiger partial charge in [0.1, 0.15) is 24.1 Å². The highest BCUT2D eigenvalue weighted by Gasteiger charge is 2.37. The third kappa shape index (κ3) is 4.65. The lowest BCUT2D eigenvalue weighted by Crippen LogP contribution is -2.48. The van der Waals surface area contributed by atoms with Crippen molar-refractivity contribution in [1.82, 2.24) is 4.90 Å². The van der Waals surface area contributed by atoms with Crippen molar-refractivity contribution in [3.05, 3.63) is 87.9 Å². The molecule has 1 unspecified atom stereocenters. The van der Waals surface area contributed by atoms with Gasteiger partial charge in [-0.15, -0.1) is 0 Å². The number of ether oxygens (including phenoxy) is 2. The zero-order chi connectivity index (χ0) is 25.4. The van der Waals surface area contributed by atoms with Crippen LogP contribution in [-0.2, 0) is 29.2 Å². The number of nitrogens with one attached hydrogen (secondary N) is 1.